The molecule has 0 radical (unpaired) electrons. The lowest BCUT2D eigenvalue weighted by Gasteiger charge is -2.38. The van der Waals surface area contributed by atoms with E-state index in [0.717, 1.165) is 25.4 Å². The highest BCUT2D eigenvalue weighted by Gasteiger charge is 2.33. The van der Waals surface area contributed by atoms with Crippen molar-refractivity contribution in [1.29, 1.82) is 0 Å². The lowest BCUT2D eigenvalue weighted by atomic mass is 9.88. The van der Waals surface area contributed by atoms with Gasteiger partial charge in [-0.25, -0.2) is 4.39 Å². The van der Waals surface area contributed by atoms with Crippen LogP contribution in [0.4, 0.5) is 10.1 Å². The Morgan fingerprint density at radius 1 is 1.47 bits per heavy atom. The van der Waals surface area contributed by atoms with Gasteiger partial charge in [-0.15, -0.1) is 0 Å². The summed E-state index contributed by atoms with van der Waals surface area (Å²) in [5, 5.41) is 3.30. The summed E-state index contributed by atoms with van der Waals surface area (Å²) in [4.78, 5) is 0. The molecule has 1 saturated heterocycles. The van der Waals surface area contributed by atoms with Gasteiger partial charge in [-0.2, -0.15) is 0 Å². The molecule has 0 bridgehead atoms. The Balaban J connectivity index is 2.03. The van der Waals surface area contributed by atoms with Crippen LogP contribution in [0.15, 0.2) is 18.2 Å². The highest BCUT2D eigenvalue weighted by Crippen LogP contribution is 2.30. The molecule has 0 unspecified atom stereocenters. The quantitative estimate of drug-likeness (QED) is 0.857. The number of rotatable bonds is 5. The van der Waals surface area contributed by atoms with Crippen molar-refractivity contribution in [3.8, 4) is 5.75 Å². The number of hydrogen-bond acceptors (Lipinski definition) is 3. The van der Waals surface area contributed by atoms with E-state index in [1.807, 2.05) is 6.92 Å². The third-order valence-corrected chi connectivity index (χ3v) is 2.85. The number of hydrogen-bond donors (Lipinski definition) is 1. The largest absolute Gasteiger partial charge is 0.492 e. The van der Waals surface area contributed by atoms with Crippen molar-refractivity contribution < 1.29 is 13.9 Å². The maximum Gasteiger partial charge on any atom is 0.145 e. The van der Waals surface area contributed by atoms with Crippen molar-refractivity contribution in [1.82, 2.24) is 0 Å². The highest BCUT2D eigenvalue weighted by atomic mass is 19.1. The minimum absolute atomic E-state index is 0.178. The van der Waals surface area contributed by atoms with Gasteiger partial charge in [0.25, 0.3) is 0 Å². The van der Waals surface area contributed by atoms with Crippen molar-refractivity contribution in [2.75, 3.05) is 31.7 Å². The van der Waals surface area contributed by atoms with Gasteiger partial charge in [-0.3, -0.25) is 0 Å². The Kier molecular flexibility index (Phi) is 3.52. The first-order chi connectivity index (χ1) is 8.13. The van der Waals surface area contributed by atoms with Gasteiger partial charge in [0, 0.05) is 18.0 Å². The maximum atomic E-state index is 13.1. The predicted molar refractivity (Wildman–Crippen MR) is 65.0 cm³/mol. The lowest BCUT2D eigenvalue weighted by Crippen LogP contribution is -2.45. The SMILES string of the molecule is CCOc1cc(F)ccc1NCC1(C)COC1. The molecule has 0 spiro atoms. The molecule has 0 atom stereocenters. The fourth-order valence-electron chi connectivity index (χ4n) is 1.78. The summed E-state index contributed by atoms with van der Waals surface area (Å²) in [6.45, 7) is 6.91. The molecule has 1 aliphatic rings. The van der Waals surface area contributed by atoms with Crippen LogP contribution in [-0.4, -0.2) is 26.4 Å². The van der Waals surface area contributed by atoms with Crippen molar-refractivity contribution in [3.05, 3.63) is 24.0 Å². The molecule has 1 fully saturated rings. The summed E-state index contributed by atoms with van der Waals surface area (Å²) in [5.74, 6) is 0.286. The van der Waals surface area contributed by atoms with Gasteiger partial charge in [0.15, 0.2) is 0 Å². The van der Waals surface area contributed by atoms with E-state index < -0.39 is 0 Å². The van der Waals surface area contributed by atoms with Crippen LogP contribution in [0.2, 0.25) is 0 Å². The van der Waals surface area contributed by atoms with Gasteiger partial charge in [-0.1, -0.05) is 6.92 Å². The van der Waals surface area contributed by atoms with E-state index >= 15 is 0 Å². The van der Waals surface area contributed by atoms with Gasteiger partial charge < -0.3 is 14.8 Å². The normalized spacial score (nSPS) is 17.4. The van der Waals surface area contributed by atoms with Gasteiger partial charge >= 0.3 is 0 Å². The van der Waals surface area contributed by atoms with E-state index in [4.69, 9.17) is 9.47 Å². The molecule has 2 rings (SSSR count). The Morgan fingerprint density at radius 2 is 2.24 bits per heavy atom. The third kappa shape index (κ3) is 2.88. The number of ether oxygens (including phenoxy) is 2. The van der Waals surface area contributed by atoms with E-state index in [1.54, 1.807) is 6.07 Å². The van der Waals surface area contributed by atoms with Gasteiger partial charge in [0.05, 0.1) is 25.5 Å². The van der Waals surface area contributed by atoms with Crippen molar-refractivity contribution in [2.45, 2.75) is 13.8 Å². The second kappa shape index (κ2) is 4.92. The average Bonchev–Trinajstić information content (AvgIpc) is 2.26. The molecular weight excluding hydrogens is 221 g/mol. The number of anilines is 1. The minimum atomic E-state index is -0.280. The third-order valence-electron chi connectivity index (χ3n) is 2.85. The molecule has 1 N–H and O–H groups in total. The molecule has 0 aliphatic carbocycles. The molecule has 1 aromatic rings. The molecule has 1 aliphatic heterocycles. The first-order valence-corrected chi connectivity index (χ1v) is 5.87. The fourth-order valence-corrected chi connectivity index (χ4v) is 1.78. The molecule has 0 amide bonds. The van der Waals surface area contributed by atoms with Crippen LogP contribution in [0.5, 0.6) is 5.75 Å². The van der Waals surface area contributed by atoms with Gasteiger partial charge in [0.2, 0.25) is 0 Å². The van der Waals surface area contributed by atoms with Crippen LogP contribution in [-0.2, 0) is 4.74 Å². The predicted octanol–water partition coefficient (Wildman–Crippen LogP) is 2.67. The molecule has 94 valence electrons. The highest BCUT2D eigenvalue weighted by molar-refractivity contribution is 5.56. The Hall–Kier alpha value is -1.29. The van der Waals surface area contributed by atoms with E-state index in [1.165, 1.54) is 12.1 Å². The summed E-state index contributed by atoms with van der Waals surface area (Å²) >= 11 is 0. The average molecular weight is 239 g/mol. The zero-order valence-electron chi connectivity index (χ0n) is 10.3. The molecule has 0 saturated carbocycles. The lowest BCUT2D eigenvalue weighted by molar-refractivity contribution is -0.0924. The molecule has 0 aromatic heterocycles. The summed E-state index contributed by atoms with van der Waals surface area (Å²) in [6.07, 6.45) is 0. The molecule has 17 heavy (non-hydrogen) atoms. The number of nitrogens with one attached hydrogen (secondary N) is 1. The van der Waals surface area contributed by atoms with Crippen molar-refractivity contribution in [2.24, 2.45) is 5.41 Å². The summed E-state index contributed by atoms with van der Waals surface area (Å²) in [6, 6.07) is 4.55. The van der Waals surface area contributed by atoms with Crippen molar-refractivity contribution >= 4 is 5.69 Å². The summed E-state index contributed by atoms with van der Waals surface area (Å²) in [7, 11) is 0. The maximum absolute atomic E-state index is 13.1. The second-order valence-electron chi connectivity index (χ2n) is 4.73. The van der Waals surface area contributed by atoms with Gasteiger partial charge in [-0.05, 0) is 19.1 Å². The molecule has 3 nitrogen and oxygen atoms in total. The first-order valence-electron chi connectivity index (χ1n) is 5.87. The smallest absolute Gasteiger partial charge is 0.145 e. The summed E-state index contributed by atoms with van der Waals surface area (Å²) in [5.41, 5.74) is 1.01. The van der Waals surface area contributed by atoms with Crippen LogP contribution in [0, 0.1) is 11.2 Å². The van der Waals surface area contributed by atoms with E-state index in [-0.39, 0.29) is 11.2 Å². The Bertz CT molecular complexity index is 391. The van der Waals surface area contributed by atoms with Gasteiger partial charge in [0.1, 0.15) is 11.6 Å². The Morgan fingerprint density at radius 3 is 2.82 bits per heavy atom. The van der Waals surface area contributed by atoms with Crippen LogP contribution in [0.1, 0.15) is 13.8 Å². The minimum Gasteiger partial charge on any atom is -0.492 e. The first kappa shape index (κ1) is 12.2. The molecule has 1 aromatic carbocycles. The van der Waals surface area contributed by atoms with E-state index in [9.17, 15) is 4.39 Å². The zero-order chi connectivity index (χ0) is 12.3. The monoisotopic (exact) mass is 239 g/mol. The van der Waals surface area contributed by atoms with E-state index in [0.29, 0.717) is 12.4 Å². The number of halogens is 1. The molecular formula is C13H18FNO2. The van der Waals surface area contributed by atoms with E-state index in [2.05, 4.69) is 12.2 Å². The van der Waals surface area contributed by atoms with Crippen LogP contribution in [0.3, 0.4) is 0 Å². The van der Waals surface area contributed by atoms with Crippen LogP contribution < -0.4 is 10.1 Å². The topological polar surface area (TPSA) is 30.5 Å². The fraction of sp³-hybridized carbons (Fsp3) is 0.538. The zero-order valence-corrected chi connectivity index (χ0v) is 10.3. The molecule has 1 heterocycles. The standard InChI is InChI=1S/C13H18FNO2/c1-3-17-12-6-10(14)4-5-11(12)15-7-13(2)8-16-9-13/h4-6,15H,3,7-9H2,1-2H3. The summed E-state index contributed by atoms with van der Waals surface area (Å²) < 4.78 is 23.7. The Labute approximate surface area is 101 Å². The van der Waals surface area contributed by atoms with Crippen molar-refractivity contribution in [3.63, 3.8) is 0 Å². The second-order valence-corrected chi connectivity index (χ2v) is 4.73. The van der Waals surface area contributed by atoms with Crippen LogP contribution >= 0.6 is 0 Å². The van der Waals surface area contributed by atoms with Crippen LogP contribution in [0.25, 0.3) is 0 Å². The molecule has 4 heteroatoms. The number of benzene rings is 1.